The van der Waals surface area contributed by atoms with E-state index in [1.165, 1.54) is 0 Å². The second kappa shape index (κ2) is 10.1. The fourth-order valence-corrected chi connectivity index (χ4v) is 2.18. The van der Waals surface area contributed by atoms with Gasteiger partial charge >= 0.3 is 0 Å². The molecule has 5 nitrogen and oxygen atoms in total. The minimum absolute atomic E-state index is 0. The average Bonchev–Trinajstić information content (AvgIpc) is 2.36. The minimum Gasteiger partial charge on any atom is -0.370 e. The smallest absolute Gasteiger partial charge is 0.241 e. The van der Waals surface area contributed by atoms with Crippen LogP contribution < -0.4 is 16.4 Å². The number of likely N-dealkylation sites (N-methyl/N-ethyl adjacent to an activating group) is 1. The van der Waals surface area contributed by atoms with Gasteiger partial charge in [0.05, 0.1) is 6.04 Å². The zero-order chi connectivity index (χ0) is 15.1. The first-order chi connectivity index (χ1) is 9.43. The van der Waals surface area contributed by atoms with Gasteiger partial charge in [-0.3, -0.25) is 4.79 Å². The van der Waals surface area contributed by atoms with Gasteiger partial charge in [-0.15, -0.1) is 24.0 Å². The maximum Gasteiger partial charge on any atom is 0.241 e. The normalized spacial score (nSPS) is 12.3. The number of carbonyl (C=O) groups excluding carboxylic acids is 1. The second-order valence-corrected chi connectivity index (χ2v) is 5.03. The first-order valence-electron chi connectivity index (χ1n) is 6.22. The number of carbonyl (C=O) groups is 1. The first kappa shape index (κ1) is 20.3. The molecule has 0 aliphatic heterocycles. The maximum absolute atomic E-state index is 11.3. The molecular formula is C13H19Cl2IN4O. The number of nitrogens with zero attached hydrogens (tertiary/aromatic N) is 1. The van der Waals surface area contributed by atoms with Gasteiger partial charge in [0.1, 0.15) is 6.54 Å². The molecule has 118 valence electrons. The van der Waals surface area contributed by atoms with Crippen molar-refractivity contribution in [1.29, 1.82) is 0 Å². The van der Waals surface area contributed by atoms with E-state index in [9.17, 15) is 4.79 Å². The van der Waals surface area contributed by atoms with Crippen LogP contribution in [0, 0.1) is 0 Å². The van der Waals surface area contributed by atoms with Crippen molar-refractivity contribution in [2.75, 3.05) is 13.1 Å². The van der Waals surface area contributed by atoms with Gasteiger partial charge in [-0.25, -0.2) is 4.99 Å². The number of rotatable bonds is 5. The monoisotopic (exact) mass is 444 g/mol. The van der Waals surface area contributed by atoms with Crippen LogP contribution >= 0.6 is 47.2 Å². The summed E-state index contributed by atoms with van der Waals surface area (Å²) in [5, 5.41) is 6.73. The highest BCUT2D eigenvalue weighted by molar-refractivity contribution is 14.0. The largest absolute Gasteiger partial charge is 0.370 e. The topological polar surface area (TPSA) is 79.5 Å². The number of aliphatic imine (C=N–C) groups is 1. The number of nitrogens with one attached hydrogen (secondary N) is 2. The van der Waals surface area contributed by atoms with Crippen LogP contribution in [0.3, 0.4) is 0 Å². The zero-order valence-electron chi connectivity index (χ0n) is 11.8. The van der Waals surface area contributed by atoms with Crippen molar-refractivity contribution in [3.63, 3.8) is 0 Å². The Kier molecular flexibility index (Phi) is 9.72. The van der Waals surface area contributed by atoms with Crippen LogP contribution in [0.4, 0.5) is 0 Å². The van der Waals surface area contributed by atoms with Gasteiger partial charge in [-0.1, -0.05) is 29.3 Å². The van der Waals surface area contributed by atoms with Crippen LogP contribution in [-0.4, -0.2) is 25.0 Å². The molecule has 1 aromatic carbocycles. The van der Waals surface area contributed by atoms with Gasteiger partial charge < -0.3 is 16.4 Å². The number of hydrogen-bond donors (Lipinski definition) is 3. The summed E-state index contributed by atoms with van der Waals surface area (Å²) in [6.07, 6.45) is 0. The Morgan fingerprint density at radius 2 is 2.10 bits per heavy atom. The molecule has 1 aromatic rings. The van der Waals surface area contributed by atoms with E-state index in [0.717, 1.165) is 5.56 Å². The molecule has 0 radical (unpaired) electrons. The Balaban J connectivity index is 0.00000400. The molecule has 1 rings (SSSR count). The van der Waals surface area contributed by atoms with Crippen molar-refractivity contribution in [1.82, 2.24) is 10.6 Å². The van der Waals surface area contributed by atoms with Gasteiger partial charge in [-0.05, 0) is 31.5 Å². The summed E-state index contributed by atoms with van der Waals surface area (Å²) in [7, 11) is 0. The van der Waals surface area contributed by atoms with Crippen LogP contribution in [0.2, 0.25) is 10.0 Å². The molecule has 0 aliphatic rings. The molecule has 4 N–H and O–H groups in total. The van der Waals surface area contributed by atoms with Gasteiger partial charge in [0.15, 0.2) is 5.96 Å². The Morgan fingerprint density at radius 1 is 1.43 bits per heavy atom. The van der Waals surface area contributed by atoms with E-state index < -0.39 is 0 Å². The van der Waals surface area contributed by atoms with Crippen LogP contribution in [0.25, 0.3) is 0 Å². The summed E-state index contributed by atoms with van der Waals surface area (Å²) in [6, 6.07) is 5.10. The van der Waals surface area contributed by atoms with Crippen LogP contribution in [0.5, 0.6) is 0 Å². The quantitative estimate of drug-likeness (QED) is 0.371. The molecule has 21 heavy (non-hydrogen) atoms. The fourth-order valence-electron chi connectivity index (χ4n) is 1.61. The number of amides is 1. The van der Waals surface area contributed by atoms with Crippen LogP contribution in [-0.2, 0) is 4.79 Å². The standard InChI is InChI=1S/C13H18Cl2N4O.HI/c1-3-17-12(20)7-18-13(16)19-8(2)10-5-4-9(14)6-11(10)15;/h4-6,8H,3,7H2,1-2H3,(H,17,20)(H3,16,18,19);1H. The Morgan fingerprint density at radius 3 is 2.67 bits per heavy atom. The number of hydrogen-bond acceptors (Lipinski definition) is 2. The fraction of sp³-hybridized carbons (Fsp3) is 0.385. The lowest BCUT2D eigenvalue weighted by Crippen LogP contribution is -2.35. The molecule has 0 saturated carbocycles. The van der Waals surface area contributed by atoms with E-state index >= 15 is 0 Å². The Labute approximate surface area is 151 Å². The van der Waals surface area contributed by atoms with E-state index in [-0.39, 0.29) is 48.4 Å². The molecule has 0 spiro atoms. The lowest BCUT2D eigenvalue weighted by molar-refractivity contribution is -0.119. The molecule has 0 bridgehead atoms. The van der Waals surface area contributed by atoms with Crippen molar-refractivity contribution < 1.29 is 4.79 Å². The lowest BCUT2D eigenvalue weighted by Gasteiger charge is -2.16. The van der Waals surface area contributed by atoms with Gasteiger partial charge in [0, 0.05) is 16.6 Å². The molecule has 0 fully saturated rings. The third-order valence-corrected chi connectivity index (χ3v) is 3.12. The molecule has 8 heteroatoms. The Bertz CT molecular complexity index is 511. The highest BCUT2D eigenvalue weighted by atomic mass is 127. The van der Waals surface area contributed by atoms with Crippen molar-refractivity contribution in [3.05, 3.63) is 33.8 Å². The average molecular weight is 445 g/mol. The summed E-state index contributed by atoms with van der Waals surface area (Å²) in [5.74, 6) is 0.0178. The first-order valence-corrected chi connectivity index (χ1v) is 6.97. The number of guanidine groups is 1. The third-order valence-electron chi connectivity index (χ3n) is 2.56. The molecule has 1 atom stereocenters. The summed E-state index contributed by atoms with van der Waals surface area (Å²) in [4.78, 5) is 15.2. The third kappa shape index (κ3) is 7.19. The predicted molar refractivity (Wildman–Crippen MR) is 98.6 cm³/mol. The van der Waals surface area contributed by atoms with Crippen LogP contribution in [0.1, 0.15) is 25.5 Å². The second-order valence-electron chi connectivity index (χ2n) is 4.19. The summed E-state index contributed by atoms with van der Waals surface area (Å²) >= 11 is 12.0. The Hall–Kier alpha value is -0.730. The number of nitrogens with two attached hydrogens (primary N) is 1. The highest BCUT2D eigenvalue weighted by Crippen LogP contribution is 2.25. The molecule has 1 unspecified atom stereocenters. The zero-order valence-corrected chi connectivity index (χ0v) is 15.7. The van der Waals surface area contributed by atoms with E-state index in [0.29, 0.717) is 16.6 Å². The summed E-state index contributed by atoms with van der Waals surface area (Å²) in [5.41, 5.74) is 6.58. The van der Waals surface area contributed by atoms with Gasteiger partial charge in [-0.2, -0.15) is 0 Å². The van der Waals surface area contributed by atoms with Crippen LogP contribution in [0.15, 0.2) is 23.2 Å². The predicted octanol–water partition coefficient (Wildman–Crippen LogP) is 2.71. The molecule has 1 amide bonds. The molecular weight excluding hydrogens is 426 g/mol. The van der Waals surface area contributed by atoms with Gasteiger partial charge in [0.25, 0.3) is 0 Å². The lowest BCUT2D eigenvalue weighted by atomic mass is 10.1. The van der Waals surface area contributed by atoms with E-state index in [2.05, 4.69) is 15.6 Å². The minimum atomic E-state index is -0.172. The molecule has 0 heterocycles. The summed E-state index contributed by atoms with van der Waals surface area (Å²) < 4.78 is 0. The number of benzene rings is 1. The van der Waals surface area contributed by atoms with E-state index in [1.807, 2.05) is 19.9 Å². The van der Waals surface area contributed by atoms with Crippen molar-refractivity contribution in [2.24, 2.45) is 10.7 Å². The molecule has 0 aromatic heterocycles. The summed E-state index contributed by atoms with van der Waals surface area (Å²) in [6.45, 7) is 4.30. The van der Waals surface area contributed by atoms with Crippen molar-refractivity contribution >= 4 is 59.0 Å². The van der Waals surface area contributed by atoms with Crippen molar-refractivity contribution in [2.45, 2.75) is 19.9 Å². The van der Waals surface area contributed by atoms with E-state index in [1.54, 1.807) is 12.1 Å². The van der Waals surface area contributed by atoms with Crippen molar-refractivity contribution in [3.8, 4) is 0 Å². The highest BCUT2D eigenvalue weighted by Gasteiger charge is 2.10. The molecule has 0 saturated heterocycles. The van der Waals surface area contributed by atoms with Gasteiger partial charge in [0.2, 0.25) is 5.91 Å². The van der Waals surface area contributed by atoms with E-state index in [4.69, 9.17) is 28.9 Å². The maximum atomic E-state index is 11.3. The number of halogens is 3. The SMILES string of the molecule is CCNC(=O)CN=C(N)NC(C)c1ccc(Cl)cc1Cl.I. The molecule has 0 aliphatic carbocycles.